The molecular formula is C23H23N3O. The van der Waals surface area contributed by atoms with E-state index in [-0.39, 0.29) is 6.04 Å². The SMILES string of the molecule is Cc1c(C(N)=O)cc(-c2cccc(C#N)c2)n1C(C)CCc1ccccc1. The fraction of sp³-hybridized carbons (Fsp3) is 0.217. The molecule has 136 valence electrons. The number of hydrogen-bond donors (Lipinski definition) is 1. The van der Waals surface area contributed by atoms with E-state index in [1.807, 2.05) is 49.4 Å². The van der Waals surface area contributed by atoms with Crippen LogP contribution in [0.25, 0.3) is 11.3 Å². The third kappa shape index (κ3) is 3.93. The number of rotatable bonds is 6. The monoisotopic (exact) mass is 357 g/mol. The van der Waals surface area contributed by atoms with Crippen LogP contribution in [0.1, 0.15) is 46.6 Å². The van der Waals surface area contributed by atoms with E-state index in [0.717, 1.165) is 29.8 Å². The third-order valence-corrected chi connectivity index (χ3v) is 4.98. The normalized spacial score (nSPS) is 11.7. The minimum Gasteiger partial charge on any atom is -0.366 e. The Labute approximate surface area is 159 Å². The number of nitrogens with two attached hydrogens (primary N) is 1. The van der Waals surface area contributed by atoms with Crippen LogP contribution in [0.2, 0.25) is 0 Å². The second-order valence-electron chi connectivity index (χ2n) is 6.83. The number of primary amides is 1. The molecule has 1 atom stereocenters. The van der Waals surface area contributed by atoms with Crippen molar-refractivity contribution in [2.75, 3.05) is 0 Å². The van der Waals surface area contributed by atoms with E-state index in [9.17, 15) is 10.1 Å². The highest BCUT2D eigenvalue weighted by molar-refractivity contribution is 5.95. The molecule has 0 bridgehead atoms. The number of carbonyl (C=O) groups excluding carboxylic acids is 1. The molecule has 2 N–H and O–H groups in total. The molecule has 0 aliphatic heterocycles. The van der Waals surface area contributed by atoms with Crippen LogP contribution in [0.3, 0.4) is 0 Å². The predicted octanol–water partition coefficient (Wildman–Crippen LogP) is 4.63. The Hall–Kier alpha value is -3.32. The molecule has 0 saturated carbocycles. The van der Waals surface area contributed by atoms with E-state index in [1.54, 1.807) is 6.07 Å². The maximum atomic E-state index is 11.9. The van der Waals surface area contributed by atoms with E-state index in [0.29, 0.717) is 11.1 Å². The van der Waals surface area contributed by atoms with Crippen molar-refractivity contribution in [3.8, 4) is 17.3 Å². The summed E-state index contributed by atoms with van der Waals surface area (Å²) < 4.78 is 2.17. The molecular weight excluding hydrogens is 334 g/mol. The molecule has 0 spiro atoms. The van der Waals surface area contributed by atoms with Crippen LogP contribution < -0.4 is 5.73 Å². The van der Waals surface area contributed by atoms with Gasteiger partial charge in [0.25, 0.3) is 5.91 Å². The summed E-state index contributed by atoms with van der Waals surface area (Å²) in [6.45, 7) is 4.08. The minimum absolute atomic E-state index is 0.180. The zero-order valence-electron chi connectivity index (χ0n) is 15.6. The van der Waals surface area contributed by atoms with Crippen LogP contribution >= 0.6 is 0 Å². The summed E-state index contributed by atoms with van der Waals surface area (Å²) in [5.74, 6) is -0.431. The van der Waals surface area contributed by atoms with Crippen LogP contribution in [0, 0.1) is 18.3 Å². The first-order valence-corrected chi connectivity index (χ1v) is 9.07. The molecule has 1 heterocycles. The lowest BCUT2D eigenvalue weighted by Crippen LogP contribution is -2.14. The van der Waals surface area contributed by atoms with Gasteiger partial charge in [0.2, 0.25) is 0 Å². The molecule has 4 nitrogen and oxygen atoms in total. The Kier molecular flexibility index (Phi) is 5.42. The Bertz CT molecular complexity index is 996. The van der Waals surface area contributed by atoms with Gasteiger partial charge in [0.15, 0.2) is 0 Å². The fourth-order valence-electron chi connectivity index (χ4n) is 3.56. The number of amides is 1. The first-order valence-electron chi connectivity index (χ1n) is 9.07. The molecule has 0 radical (unpaired) electrons. The van der Waals surface area contributed by atoms with Gasteiger partial charge in [-0.3, -0.25) is 4.79 Å². The number of carbonyl (C=O) groups is 1. The predicted molar refractivity (Wildman–Crippen MR) is 107 cm³/mol. The number of nitriles is 1. The summed E-state index contributed by atoms with van der Waals surface area (Å²) in [5, 5.41) is 9.21. The molecule has 1 amide bonds. The summed E-state index contributed by atoms with van der Waals surface area (Å²) >= 11 is 0. The Morgan fingerprint density at radius 3 is 2.56 bits per heavy atom. The van der Waals surface area contributed by atoms with E-state index in [4.69, 9.17) is 5.73 Å². The van der Waals surface area contributed by atoms with Gasteiger partial charge in [-0.25, -0.2) is 0 Å². The molecule has 3 aromatic rings. The summed E-state index contributed by atoms with van der Waals surface area (Å²) in [5.41, 5.74) is 10.7. The topological polar surface area (TPSA) is 71.8 Å². The van der Waals surface area contributed by atoms with Gasteiger partial charge in [0.05, 0.1) is 17.2 Å². The maximum absolute atomic E-state index is 11.9. The van der Waals surface area contributed by atoms with Crippen molar-refractivity contribution >= 4 is 5.91 Å². The second-order valence-corrected chi connectivity index (χ2v) is 6.83. The quantitative estimate of drug-likeness (QED) is 0.699. The van der Waals surface area contributed by atoms with E-state index >= 15 is 0 Å². The Morgan fingerprint density at radius 2 is 1.89 bits per heavy atom. The fourth-order valence-corrected chi connectivity index (χ4v) is 3.56. The number of benzene rings is 2. The van der Waals surface area contributed by atoms with E-state index < -0.39 is 5.91 Å². The lowest BCUT2D eigenvalue weighted by molar-refractivity contribution is 0.0999. The lowest BCUT2D eigenvalue weighted by Gasteiger charge is -2.20. The zero-order chi connectivity index (χ0) is 19.4. The van der Waals surface area contributed by atoms with Gasteiger partial charge >= 0.3 is 0 Å². The molecule has 0 saturated heterocycles. The summed E-state index contributed by atoms with van der Waals surface area (Å²) in [4.78, 5) is 11.9. The van der Waals surface area contributed by atoms with Gasteiger partial charge in [-0.05, 0) is 56.0 Å². The second kappa shape index (κ2) is 7.92. The molecule has 1 unspecified atom stereocenters. The van der Waals surface area contributed by atoms with Gasteiger partial charge in [0, 0.05) is 17.4 Å². The number of nitrogens with zero attached hydrogens (tertiary/aromatic N) is 2. The molecule has 0 fully saturated rings. The van der Waals surface area contributed by atoms with Crippen LogP contribution in [0.5, 0.6) is 0 Å². The Balaban J connectivity index is 1.99. The van der Waals surface area contributed by atoms with E-state index in [1.165, 1.54) is 5.56 Å². The van der Waals surface area contributed by atoms with Gasteiger partial charge in [0.1, 0.15) is 0 Å². The highest BCUT2D eigenvalue weighted by Gasteiger charge is 2.20. The summed E-state index contributed by atoms with van der Waals surface area (Å²) in [6.07, 6.45) is 1.88. The van der Waals surface area contributed by atoms with Crippen molar-refractivity contribution in [3.63, 3.8) is 0 Å². The summed E-state index contributed by atoms with van der Waals surface area (Å²) in [6, 6.07) is 22.0. The average molecular weight is 357 g/mol. The first-order chi connectivity index (χ1) is 13.0. The number of aromatic nitrogens is 1. The molecule has 3 rings (SSSR count). The molecule has 4 heteroatoms. The van der Waals surface area contributed by atoms with Crippen molar-refractivity contribution in [3.05, 3.63) is 83.0 Å². The van der Waals surface area contributed by atoms with Gasteiger partial charge < -0.3 is 10.3 Å². The van der Waals surface area contributed by atoms with Gasteiger partial charge in [-0.15, -0.1) is 0 Å². The molecule has 1 aromatic heterocycles. The standard InChI is InChI=1S/C23H23N3O/c1-16(11-12-18-7-4-3-5-8-18)26-17(2)21(23(25)27)14-22(26)20-10-6-9-19(13-20)15-24/h3-10,13-14,16H,11-12H2,1-2H3,(H2,25,27). The molecule has 27 heavy (non-hydrogen) atoms. The van der Waals surface area contributed by atoms with Crippen LogP contribution in [-0.4, -0.2) is 10.5 Å². The number of aryl methyl sites for hydroxylation is 1. The maximum Gasteiger partial charge on any atom is 0.250 e. The highest BCUT2D eigenvalue weighted by Crippen LogP contribution is 2.31. The Morgan fingerprint density at radius 1 is 1.15 bits per heavy atom. The zero-order valence-corrected chi connectivity index (χ0v) is 15.6. The van der Waals surface area contributed by atoms with Crippen LogP contribution in [0.4, 0.5) is 0 Å². The van der Waals surface area contributed by atoms with Crippen molar-refractivity contribution in [2.45, 2.75) is 32.7 Å². The highest BCUT2D eigenvalue weighted by atomic mass is 16.1. The average Bonchev–Trinajstić information content (AvgIpc) is 3.04. The van der Waals surface area contributed by atoms with Crippen molar-refractivity contribution in [2.24, 2.45) is 5.73 Å². The molecule has 2 aromatic carbocycles. The first kappa shape index (κ1) is 18.5. The summed E-state index contributed by atoms with van der Waals surface area (Å²) in [7, 11) is 0. The van der Waals surface area contributed by atoms with Gasteiger partial charge in [-0.2, -0.15) is 5.26 Å². The third-order valence-electron chi connectivity index (χ3n) is 4.98. The van der Waals surface area contributed by atoms with Crippen LogP contribution in [-0.2, 0) is 6.42 Å². The lowest BCUT2D eigenvalue weighted by atomic mass is 10.0. The van der Waals surface area contributed by atoms with Crippen LogP contribution in [0.15, 0.2) is 60.7 Å². The smallest absolute Gasteiger partial charge is 0.250 e. The minimum atomic E-state index is -0.431. The van der Waals surface area contributed by atoms with E-state index in [2.05, 4.69) is 29.7 Å². The largest absolute Gasteiger partial charge is 0.366 e. The molecule has 0 aliphatic rings. The van der Waals surface area contributed by atoms with Crippen molar-refractivity contribution in [1.29, 1.82) is 5.26 Å². The van der Waals surface area contributed by atoms with Crippen molar-refractivity contribution in [1.82, 2.24) is 4.57 Å². The number of hydrogen-bond acceptors (Lipinski definition) is 2. The molecule has 0 aliphatic carbocycles. The van der Waals surface area contributed by atoms with Crippen molar-refractivity contribution < 1.29 is 4.79 Å². The van der Waals surface area contributed by atoms with Gasteiger partial charge in [-0.1, -0.05) is 42.5 Å².